The summed E-state index contributed by atoms with van der Waals surface area (Å²) in [5.41, 5.74) is -0.192. The summed E-state index contributed by atoms with van der Waals surface area (Å²) in [6.07, 6.45) is -1.04. The molecule has 0 spiro atoms. The fourth-order valence-electron chi connectivity index (χ4n) is 2.28. The van der Waals surface area contributed by atoms with Crippen molar-refractivity contribution in [2.45, 2.75) is 39.4 Å². The van der Waals surface area contributed by atoms with Gasteiger partial charge in [0.2, 0.25) is 5.91 Å². The maximum absolute atomic E-state index is 12.5. The lowest BCUT2D eigenvalue weighted by Gasteiger charge is -2.26. The van der Waals surface area contributed by atoms with Crippen LogP contribution in [-0.4, -0.2) is 29.5 Å². The van der Waals surface area contributed by atoms with Gasteiger partial charge in [-0.05, 0) is 69.3 Å². The van der Waals surface area contributed by atoms with Gasteiger partial charge in [-0.3, -0.25) is 9.59 Å². The van der Waals surface area contributed by atoms with Gasteiger partial charge in [0.1, 0.15) is 5.75 Å². The lowest BCUT2D eigenvalue weighted by atomic mass is 10.1. The number of anilines is 2. The van der Waals surface area contributed by atoms with E-state index in [0.29, 0.717) is 22.1 Å². The van der Waals surface area contributed by atoms with E-state index in [1.165, 1.54) is 13.8 Å². The first kappa shape index (κ1) is 22.2. The van der Waals surface area contributed by atoms with Crippen LogP contribution in [-0.2, 0) is 19.1 Å². The summed E-state index contributed by atoms with van der Waals surface area (Å²) in [7, 11) is 0. The van der Waals surface area contributed by atoms with Crippen molar-refractivity contribution in [2.75, 3.05) is 10.6 Å². The van der Waals surface area contributed by atoms with E-state index in [-0.39, 0.29) is 5.91 Å². The van der Waals surface area contributed by atoms with Crippen molar-refractivity contribution in [1.29, 1.82) is 0 Å². The van der Waals surface area contributed by atoms with Crippen LogP contribution in [0.4, 0.5) is 11.4 Å². The Bertz CT molecular complexity index is 879. The number of carbonyl (C=O) groups is 3. The Kier molecular flexibility index (Phi) is 7.23. The van der Waals surface area contributed by atoms with Gasteiger partial charge >= 0.3 is 5.97 Å². The van der Waals surface area contributed by atoms with Gasteiger partial charge < -0.3 is 20.1 Å². The molecule has 0 unspecified atom stereocenters. The van der Waals surface area contributed by atoms with Crippen LogP contribution in [0.2, 0.25) is 5.02 Å². The largest absolute Gasteiger partial charge is 0.476 e. The molecule has 0 saturated heterocycles. The van der Waals surface area contributed by atoms with Gasteiger partial charge in [0, 0.05) is 23.3 Å². The van der Waals surface area contributed by atoms with Gasteiger partial charge in [0.05, 0.1) is 0 Å². The Hall–Kier alpha value is -3.06. The normalized spacial score (nSPS) is 11.9. The second-order valence-electron chi connectivity index (χ2n) is 6.86. The zero-order valence-corrected chi connectivity index (χ0v) is 17.4. The molecule has 2 N–H and O–H groups in total. The fraction of sp³-hybridized carbons (Fsp3) is 0.286. The van der Waals surface area contributed by atoms with E-state index in [9.17, 15) is 14.4 Å². The number of ether oxygens (including phenoxy) is 2. The van der Waals surface area contributed by atoms with Crippen LogP contribution in [0.15, 0.2) is 48.5 Å². The first-order chi connectivity index (χ1) is 13.6. The highest BCUT2D eigenvalue weighted by Gasteiger charge is 2.34. The third-order valence-electron chi connectivity index (χ3n) is 3.80. The van der Waals surface area contributed by atoms with E-state index in [1.807, 2.05) is 0 Å². The van der Waals surface area contributed by atoms with Crippen LogP contribution in [0.25, 0.3) is 0 Å². The molecule has 0 bridgehead atoms. The van der Waals surface area contributed by atoms with Crippen LogP contribution in [0.5, 0.6) is 5.75 Å². The molecule has 2 rings (SSSR count). The smallest absolute Gasteiger partial charge is 0.350 e. The number of rotatable bonds is 7. The fourth-order valence-corrected chi connectivity index (χ4v) is 2.40. The molecule has 154 valence electrons. The minimum Gasteiger partial charge on any atom is -0.476 e. The maximum Gasteiger partial charge on any atom is 0.350 e. The molecule has 0 fully saturated rings. The molecule has 8 heteroatoms. The number of hydrogen-bond acceptors (Lipinski definition) is 5. The number of hydrogen-bond donors (Lipinski definition) is 2. The minimum absolute atomic E-state index is 0.189. The predicted molar refractivity (Wildman–Crippen MR) is 111 cm³/mol. The van der Waals surface area contributed by atoms with E-state index in [1.54, 1.807) is 62.4 Å². The quantitative estimate of drug-likeness (QED) is 0.662. The van der Waals surface area contributed by atoms with E-state index in [0.717, 1.165) is 0 Å². The molecule has 1 atom stereocenters. The molecule has 0 aliphatic heterocycles. The van der Waals surface area contributed by atoms with Crippen LogP contribution >= 0.6 is 11.6 Å². The standard InChI is InChI=1S/C21H23ClN2O5/c1-13(19(26)24-17-9-7-16(8-10-17)23-14(2)25)28-20(27)21(3,4)29-18-11-5-15(22)6-12-18/h5-13H,1-4H3,(H,23,25)(H,24,26)/t13-/m0/s1. The van der Waals surface area contributed by atoms with Crippen LogP contribution in [0.3, 0.4) is 0 Å². The van der Waals surface area contributed by atoms with Crippen LogP contribution in [0.1, 0.15) is 27.7 Å². The summed E-state index contributed by atoms with van der Waals surface area (Å²) in [6, 6.07) is 13.1. The van der Waals surface area contributed by atoms with Gasteiger partial charge in [-0.25, -0.2) is 4.79 Å². The Morgan fingerprint density at radius 2 is 1.45 bits per heavy atom. The third kappa shape index (κ3) is 6.80. The summed E-state index contributed by atoms with van der Waals surface area (Å²) in [5.74, 6) is -0.914. The molecule has 29 heavy (non-hydrogen) atoms. The van der Waals surface area contributed by atoms with E-state index >= 15 is 0 Å². The number of carbonyl (C=O) groups excluding carboxylic acids is 3. The van der Waals surface area contributed by atoms with Gasteiger partial charge in [-0.1, -0.05) is 11.6 Å². The van der Waals surface area contributed by atoms with Crippen LogP contribution in [0, 0.1) is 0 Å². The number of esters is 1. The Morgan fingerprint density at radius 1 is 0.931 bits per heavy atom. The summed E-state index contributed by atoms with van der Waals surface area (Å²) in [6.45, 7) is 5.98. The van der Waals surface area contributed by atoms with Crippen molar-refractivity contribution < 1.29 is 23.9 Å². The maximum atomic E-state index is 12.5. The summed E-state index contributed by atoms with van der Waals surface area (Å²) in [5, 5.41) is 5.83. The van der Waals surface area contributed by atoms with Gasteiger partial charge in [-0.2, -0.15) is 0 Å². The first-order valence-electron chi connectivity index (χ1n) is 8.91. The summed E-state index contributed by atoms with van der Waals surface area (Å²) >= 11 is 5.84. The molecule has 2 amide bonds. The third-order valence-corrected chi connectivity index (χ3v) is 4.06. The van der Waals surface area contributed by atoms with Crippen molar-refractivity contribution in [3.63, 3.8) is 0 Å². The highest BCUT2D eigenvalue weighted by molar-refractivity contribution is 6.30. The summed E-state index contributed by atoms with van der Waals surface area (Å²) < 4.78 is 10.9. The van der Waals surface area contributed by atoms with E-state index in [2.05, 4.69) is 10.6 Å². The van der Waals surface area contributed by atoms with Crippen molar-refractivity contribution in [3.8, 4) is 5.75 Å². The van der Waals surface area contributed by atoms with Crippen molar-refractivity contribution in [1.82, 2.24) is 0 Å². The second-order valence-corrected chi connectivity index (χ2v) is 7.30. The zero-order chi connectivity index (χ0) is 21.6. The molecular weight excluding hydrogens is 396 g/mol. The Balaban J connectivity index is 1.92. The molecule has 0 heterocycles. The molecule has 2 aromatic carbocycles. The SMILES string of the molecule is CC(=O)Nc1ccc(NC(=O)[C@H](C)OC(=O)C(C)(C)Oc2ccc(Cl)cc2)cc1. The Morgan fingerprint density at radius 3 is 1.97 bits per heavy atom. The highest BCUT2D eigenvalue weighted by Crippen LogP contribution is 2.22. The molecule has 0 radical (unpaired) electrons. The first-order valence-corrected chi connectivity index (χ1v) is 9.29. The molecular formula is C21H23ClN2O5. The molecule has 7 nitrogen and oxygen atoms in total. The van der Waals surface area contributed by atoms with Gasteiger partial charge in [-0.15, -0.1) is 0 Å². The zero-order valence-electron chi connectivity index (χ0n) is 16.6. The lowest BCUT2D eigenvalue weighted by Crippen LogP contribution is -2.43. The monoisotopic (exact) mass is 418 g/mol. The van der Waals surface area contributed by atoms with Gasteiger partial charge in [0.15, 0.2) is 11.7 Å². The van der Waals surface area contributed by atoms with E-state index in [4.69, 9.17) is 21.1 Å². The molecule has 0 aliphatic carbocycles. The summed E-state index contributed by atoms with van der Waals surface area (Å²) in [4.78, 5) is 35.8. The average Bonchev–Trinajstić information content (AvgIpc) is 2.64. The second kappa shape index (κ2) is 9.43. The van der Waals surface area contributed by atoms with Crippen molar-refractivity contribution in [2.24, 2.45) is 0 Å². The molecule has 2 aromatic rings. The lowest BCUT2D eigenvalue weighted by molar-refractivity contribution is -0.166. The van der Waals surface area contributed by atoms with Crippen molar-refractivity contribution in [3.05, 3.63) is 53.6 Å². The number of halogens is 1. The highest BCUT2D eigenvalue weighted by atomic mass is 35.5. The average molecular weight is 419 g/mol. The molecule has 0 aliphatic rings. The number of nitrogens with one attached hydrogen (secondary N) is 2. The molecule has 0 saturated carbocycles. The van der Waals surface area contributed by atoms with Crippen molar-refractivity contribution >= 4 is 40.8 Å². The number of benzene rings is 2. The van der Waals surface area contributed by atoms with Gasteiger partial charge in [0.25, 0.3) is 5.91 Å². The Labute approximate surface area is 174 Å². The topological polar surface area (TPSA) is 93.7 Å². The molecule has 0 aromatic heterocycles. The predicted octanol–water partition coefficient (Wildman–Crippen LogP) is 4.03. The number of amides is 2. The van der Waals surface area contributed by atoms with Crippen LogP contribution < -0.4 is 15.4 Å². The minimum atomic E-state index is -1.30. The van der Waals surface area contributed by atoms with E-state index < -0.39 is 23.6 Å².